The minimum absolute atomic E-state index is 0.834. The number of H-pyrrole nitrogens is 1. The highest BCUT2D eigenvalue weighted by atomic mass is 16.4. The highest BCUT2D eigenvalue weighted by Crippen LogP contribution is 2.36. The van der Waals surface area contributed by atoms with E-state index in [1.807, 2.05) is 47.4 Å². The number of aliphatic carboxylic acids is 1. The Morgan fingerprint density at radius 3 is 2.43 bits per heavy atom. The van der Waals surface area contributed by atoms with Crippen LogP contribution in [-0.2, 0) is 4.79 Å². The van der Waals surface area contributed by atoms with Gasteiger partial charge in [-0.2, -0.15) is 10.2 Å². The van der Waals surface area contributed by atoms with Crippen LogP contribution >= 0.6 is 0 Å². The maximum atomic E-state index is 10.9. The van der Waals surface area contributed by atoms with Crippen molar-refractivity contribution in [2.75, 3.05) is 0 Å². The smallest absolute Gasteiger partial charge is 0.328 e. The Kier molecular flexibility index (Phi) is 6.09. The molecule has 35 heavy (non-hydrogen) atoms. The molecule has 0 aliphatic carbocycles. The molecule has 0 saturated carbocycles. The molecule has 6 heteroatoms. The zero-order valence-electron chi connectivity index (χ0n) is 19.2. The van der Waals surface area contributed by atoms with Crippen LogP contribution in [0.4, 0.5) is 0 Å². The third-order valence-electron chi connectivity index (χ3n) is 5.99. The van der Waals surface area contributed by atoms with Crippen LogP contribution in [0, 0.1) is 0 Å². The number of carbonyl (C=O) groups is 1. The molecule has 6 nitrogen and oxygen atoms in total. The van der Waals surface area contributed by atoms with Gasteiger partial charge in [-0.25, -0.2) is 9.48 Å². The van der Waals surface area contributed by atoms with Crippen molar-refractivity contribution in [1.82, 2.24) is 20.0 Å². The normalized spacial score (nSPS) is 12.3. The molecule has 0 atom stereocenters. The van der Waals surface area contributed by atoms with E-state index in [1.165, 1.54) is 5.57 Å². The summed E-state index contributed by atoms with van der Waals surface area (Å²) in [6, 6.07) is 24.6. The second-order valence-electron chi connectivity index (χ2n) is 8.17. The van der Waals surface area contributed by atoms with Gasteiger partial charge in [0.25, 0.3) is 0 Å². The van der Waals surface area contributed by atoms with E-state index in [0.717, 1.165) is 56.9 Å². The van der Waals surface area contributed by atoms with Crippen molar-refractivity contribution in [3.63, 3.8) is 0 Å². The average molecular weight is 461 g/mol. The predicted octanol–water partition coefficient (Wildman–Crippen LogP) is 6.22. The molecule has 5 aromatic rings. The number of hydrogen-bond acceptors (Lipinski definition) is 3. The van der Waals surface area contributed by atoms with Gasteiger partial charge in [-0.05, 0) is 76.2 Å². The van der Waals surface area contributed by atoms with E-state index in [4.69, 9.17) is 5.11 Å². The number of carboxylic acid groups (broad SMARTS) is 1. The van der Waals surface area contributed by atoms with E-state index in [-0.39, 0.29) is 0 Å². The summed E-state index contributed by atoms with van der Waals surface area (Å²) < 4.78 is 1.84. The van der Waals surface area contributed by atoms with Crippen LogP contribution in [-0.4, -0.2) is 31.1 Å². The Bertz CT molecular complexity index is 1520. The Balaban J connectivity index is 1.64. The number of carboxylic acids is 1. The van der Waals surface area contributed by atoms with Crippen LogP contribution in [0.1, 0.15) is 35.6 Å². The standard InChI is InChI=1S/C29H24N4O2/c1-2-26(21-9-12-25(13-10-21)33-17-3-16-31-33)29(23-11-14-27-24(18-23)19-30-32-27)22-7-4-20(5-8-22)6-15-28(34)35/h3-19H,2H2,1H3,(H,30,32)(H,34,35). The lowest BCUT2D eigenvalue weighted by Gasteiger charge is -2.17. The Labute approximate surface area is 202 Å². The molecule has 0 radical (unpaired) electrons. The van der Waals surface area contributed by atoms with Crippen LogP contribution in [0.25, 0.3) is 33.8 Å². The largest absolute Gasteiger partial charge is 0.478 e. The number of benzene rings is 3. The minimum atomic E-state index is -0.963. The third-order valence-corrected chi connectivity index (χ3v) is 5.99. The van der Waals surface area contributed by atoms with Gasteiger partial charge >= 0.3 is 5.97 Å². The minimum Gasteiger partial charge on any atom is -0.478 e. The van der Waals surface area contributed by atoms with Gasteiger partial charge in [0.2, 0.25) is 0 Å². The van der Waals surface area contributed by atoms with Crippen molar-refractivity contribution in [1.29, 1.82) is 0 Å². The summed E-state index contributed by atoms with van der Waals surface area (Å²) in [6.45, 7) is 2.16. The number of nitrogens with one attached hydrogen (secondary N) is 1. The summed E-state index contributed by atoms with van der Waals surface area (Å²) in [7, 11) is 0. The summed E-state index contributed by atoms with van der Waals surface area (Å²) in [5, 5.41) is 21.5. The van der Waals surface area contributed by atoms with Crippen LogP contribution < -0.4 is 0 Å². The Hall–Kier alpha value is -4.71. The van der Waals surface area contributed by atoms with Crippen LogP contribution in [0.15, 0.2) is 97.5 Å². The van der Waals surface area contributed by atoms with E-state index < -0.39 is 5.97 Å². The summed E-state index contributed by atoms with van der Waals surface area (Å²) in [4.78, 5) is 10.9. The lowest BCUT2D eigenvalue weighted by molar-refractivity contribution is -0.131. The van der Waals surface area contributed by atoms with Gasteiger partial charge in [-0.3, -0.25) is 5.10 Å². The van der Waals surface area contributed by atoms with Crippen LogP contribution in [0.3, 0.4) is 0 Å². The van der Waals surface area contributed by atoms with Crippen molar-refractivity contribution >= 4 is 34.1 Å². The molecule has 0 aliphatic rings. The number of allylic oxidation sites excluding steroid dienone is 1. The number of hydrogen-bond donors (Lipinski definition) is 2. The summed E-state index contributed by atoms with van der Waals surface area (Å²) in [5.74, 6) is -0.963. The molecular formula is C29H24N4O2. The molecule has 2 heterocycles. The number of aromatic amines is 1. The lowest BCUT2D eigenvalue weighted by atomic mass is 9.87. The molecule has 0 fully saturated rings. The SMILES string of the molecule is CCC(=C(c1ccc(C=CC(=O)O)cc1)c1ccc2[nH]ncc2c1)c1ccc(-n2cccn2)cc1. The van der Waals surface area contributed by atoms with Crippen molar-refractivity contribution in [2.24, 2.45) is 0 Å². The second kappa shape index (κ2) is 9.65. The van der Waals surface area contributed by atoms with Gasteiger partial charge < -0.3 is 5.11 Å². The van der Waals surface area contributed by atoms with E-state index in [9.17, 15) is 4.79 Å². The summed E-state index contributed by atoms with van der Waals surface area (Å²) in [6.07, 6.45) is 9.11. The van der Waals surface area contributed by atoms with Crippen LogP contribution in [0.5, 0.6) is 0 Å². The number of rotatable bonds is 7. The first-order valence-corrected chi connectivity index (χ1v) is 11.4. The lowest BCUT2D eigenvalue weighted by Crippen LogP contribution is -1.97. The van der Waals surface area contributed by atoms with Gasteiger partial charge in [0.15, 0.2) is 0 Å². The predicted molar refractivity (Wildman–Crippen MR) is 139 cm³/mol. The van der Waals surface area contributed by atoms with Crippen molar-refractivity contribution in [3.05, 3.63) is 120 Å². The molecule has 3 aromatic carbocycles. The van der Waals surface area contributed by atoms with Crippen molar-refractivity contribution in [2.45, 2.75) is 13.3 Å². The molecule has 0 aliphatic heterocycles. The topological polar surface area (TPSA) is 83.8 Å². The van der Waals surface area contributed by atoms with Gasteiger partial charge in [-0.15, -0.1) is 0 Å². The monoisotopic (exact) mass is 460 g/mol. The third kappa shape index (κ3) is 4.68. The van der Waals surface area contributed by atoms with Gasteiger partial charge in [0.05, 0.1) is 17.4 Å². The fourth-order valence-electron chi connectivity index (χ4n) is 4.30. The molecule has 0 unspecified atom stereocenters. The first-order chi connectivity index (χ1) is 17.1. The Morgan fingerprint density at radius 1 is 1.00 bits per heavy atom. The zero-order valence-corrected chi connectivity index (χ0v) is 19.2. The van der Waals surface area contributed by atoms with Crippen molar-refractivity contribution < 1.29 is 9.90 Å². The molecule has 0 spiro atoms. The molecular weight excluding hydrogens is 436 g/mol. The molecule has 2 aromatic heterocycles. The number of nitrogens with zero attached hydrogens (tertiary/aromatic N) is 3. The average Bonchev–Trinajstić information content (AvgIpc) is 3.59. The number of fused-ring (bicyclic) bond motifs is 1. The highest BCUT2D eigenvalue weighted by molar-refractivity contribution is 6.00. The van der Waals surface area contributed by atoms with E-state index in [0.29, 0.717) is 0 Å². The highest BCUT2D eigenvalue weighted by Gasteiger charge is 2.14. The fraction of sp³-hybridized carbons (Fsp3) is 0.0690. The first-order valence-electron chi connectivity index (χ1n) is 11.4. The quantitative estimate of drug-likeness (QED) is 0.223. The Morgan fingerprint density at radius 2 is 1.74 bits per heavy atom. The van der Waals surface area contributed by atoms with Gasteiger partial charge in [0.1, 0.15) is 0 Å². The van der Waals surface area contributed by atoms with Crippen molar-refractivity contribution in [3.8, 4) is 5.69 Å². The molecule has 5 rings (SSSR count). The van der Waals surface area contributed by atoms with Gasteiger partial charge in [0, 0.05) is 23.9 Å². The van der Waals surface area contributed by atoms with Crippen LogP contribution in [0.2, 0.25) is 0 Å². The second-order valence-corrected chi connectivity index (χ2v) is 8.17. The van der Waals surface area contributed by atoms with E-state index in [1.54, 1.807) is 12.3 Å². The maximum absolute atomic E-state index is 10.9. The molecule has 0 amide bonds. The van der Waals surface area contributed by atoms with E-state index >= 15 is 0 Å². The fourth-order valence-corrected chi connectivity index (χ4v) is 4.30. The molecule has 172 valence electrons. The summed E-state index contributed by atoms with van der Waals surface area (Å²) >= 11 is 0. The zero-order chi connectivity index (χ0) is 24.2. The molecule has 2 N–H and O–H groups in total. The van der Waals surface area contributed by atoms with Gasteiger partial charge in [-0.1, -0.05) is 49.4 Å². The van der Waals surface area contributed by atoms with E-state index in [2.05, 4.69) is 64.7 Å². The maximum Gasteiger partial charge on any atom is 0.328 e. The number of aromatic nitrogens is 4. The first kappa shape index (κ1) is 22.1. The molecule has 0 saturated heterocycles. The molecule has 0 bridgehead atoms. The summed E-state index contributed by atoms with van der Waals surface area (Å²) in [5.41, 5.74) is 8.48.